The van der Waals surface area contributed by atoms with Crippen molar-refractivity contribution in [2.45, 2.75) is 57.8 Å². The number of fused-ring (bicyclic) bond motifs is 14. The lowest BCUT2D eigenvalue weighted by molar-refractivity contribution is 0.589. The normalized spacial score (nSPS) is 13.3. The maximum absolute atomic E-state index is 15.9. The quantitative estimate of drug-likeness (QED) is 0.164. The van der Waals surface area contributed by atoms with Gasteiger partial charge in [-0.3, -0.25) is 0 Å². The number of rotatable bonds is 6. The van der Waals surface area contributed by atoms with Crippen molar-refractivity contribution in [2.75, 3.05) is 9.80 Å². The smallest absolute Gasteiger partial charge is 0.147 e. The van der Waals surface area contributed by atoms with Gasteiger partial charge >= 0.3 is 0 Å². The Labute approximate surface area is 403 Å². The van der Waals surface area contributed by atoms with Crippen molar-refractivity contribution in [2.24, 2.45) is 0 Å². The number of anilines is 6. The van der Waals surface area contributed by atoms with Crippen LogP contribution in [-0.4, -0.2) is 0 Å². The summed E-state index contributed by atoms with van der Waals surface area (Å²) in [7, 11) is 0. The van der Waals surface area contributed by atoms with Gasteiger partial charge in [0.1, 0.15) is 11.6 Å². The van der Waals surface area contributed by atoms with Crippen LogP contribution in [0.15, 0.2) is 206 Å². The highest BCUT2D eigenvalue weighted by Crippen LogP contribution is 2.66. The van der Waals surface area contributed by atoms with E-state index in [1.165, 1.54) is 67.8 Å². The minimum absolute atomic E-state index is 0.0734. The predicted octanol–water partition coefficient (Wildman–Crippen LogP) is 18.1. The first-order chi connectivity index (χ1) is 33.3. The minimum Gasteiger partial charge on any atom is -0.308 e. The molecule has 0 radical (unpaired) electrons. The number of benzene rings is 10. The highest BCUT2D eigenvalue weighted by Gasteiger charge is 2.54. The number of nitrogens with zero attached hydrogens (tertiary/aromatic N) is 2. The van der Waals surface area contributed by atoms with Gasteiger partial charge in [-0.2, -0.15) is 0 Å². The molecule has 0 aliphatic heterocycles. The molecule has 0 amide bonds. The van der Waals surface area contributed by atoms with Crippen LogP contribution >= 0.6 is 0 Å². The van der Waals surface area contributed by atoms with Crippen LogP contribution in [0.5, 0.6) is 0 Å². The summed E-state index contributed by atoms with van der Waals surface area (Å²) in [6.07, 6.45) is 0. The van der Waals surface area contributed by atoms with E-state index in [-0.39, 0.29) is 22.5 Å². The molecule has 2 nitrogen and oxygen atoms in total. The van der Waals surface area contributed by atoms with Crippen molar-refractivity contribution < 1.29 is 8.78 Å². The predicted molar refractivity (Wildman–Crippen MR) is 284 cm³/mol. The zero-order valence-corrected chi connectivity index (χ0v) is 39.8. The molecule has 0 saturated carbocycles. The van der Waals surface area contributed by atoms with Gasteiger partial charge in [0, 0.05) is 22.7 Å². The molecular weight excluding hydrogens is 847 g/mol. The molecule has 10 aromatic carbocycles. The maximum Gasteiger partial charge on any atom is 0.147 e. The maximum atomic E-state index is 15.9. The van der Waals surface area contributed by atoms with E-state index < -0.39 is 5.41 Å². The molecule has 2 aliphatic rings. The first-order valence-corrected chi connectivity index (χ1v) is 24.0. The van der Waals surface area contributed by atoms with Crippen LogP contribution in [0.1, 0.15) is 74.9 Å². The summed E-state index contributed by atoms with van der Waals surface area (Å²) < 4.78 is 31.7. The molecule has 0 atom stereocenters. The summed E-state index contributed by atoms with van der Waals surface area (Å²) in [5.74, 6) is -0.576. The van der Waals surface area contributed by atoms with E-state index in [0.29, 0.717) is 11.4 Å². The Morgan fingerprint density at radius 1 is 0.348 bits per heavy atom. The molecule has 0 fully saturated rings. The molecular formula is C65H52F2N2. The topological polar surface area (TPSA) is 6.48 Å². The number of para-hydroxylation sites is 4. The molecule has 0 saturated heterocycles. The molecule has 1 spiro atoms. The Hall–Kier alpha value is -7.82. The van der Waals surface area contributed by atoms with Crippen molar-refractivity contribution in [1.29, 1.82) is 0 Å². The van der Waals surface area contributed by atoms with E-state index >= 15 is 8.78 Å². The Morgan fingerprint density at radius 2 is 0.739 bits per heavy atom. The molecule has 0 heterocycles. The molecule has 0 bridgehead atoms. The lowest BCUT2D eigenvalue weighted by Crippen LogP contribution is -2.27. The van der Waals surface area contributed by atoms with Crippen LogP contribution in [0.25, 0.3) is 43.8 Å². The third kappa shape index (κ3) is 6.56. The highest BCUT2D eigenvalue weighted by molar-refractivity contribution is 6.10. The molecule has 0 N–H and O–H groups in total. The molecule has 4 heteroatoms. The van der Waals surface area contributed by atoms with Crippen molar-refractivity contribution in [3.8, 4) is 22.3 Å². The standard InChI is InChI=1S/C65H52F2N2/c1-63(2,3)43-27-35-55-53(39-43)54-40-44(64(4,5)6)28-36-56(54)65(55)61-49-33-29-47(68(45-17-9-7-10-18-45)59-23-15-13-21-57(59)66)37-41(49)25-31-51(61)52-32-26-42-38-48(30-34-50(42)62(52)65)69(46-19-11-8-12-20-46)60-24-16-14-22-58(60)67/h7-40H,1-6H3. The van der Waals surface area contributed by atoms with Crippen LogP contribution in [0.2, 0.25) is 0 Å². The third-order valence-electron chi connectivity index (χ3n) is 14.6. The molecule has 69 heavy (non-hydrogen) atoms. The summed E-state index contributed by atoms with van der Waals surface area (Å²) in [6, 6.07) is 70.9. The monoisotopic (exact) mass is 898 g/mol. The molecule has 0 aromatic heterocycles. The van der Waals surface area contributed by atoms with Crippen LogP contribution in [0.3, 0.4) is 0 Å². The highest BCUT2D eigenvalue weighted by atomic mass is 19.1. The molecule has 2 aliphatic carbocycles. The van der Waals surface area contributed by atoms with Gasteiger partial charge in [-0.05, 0) is 161 Å². The first-order valence-electron chi connectivity index (χ1n) is 24.0. The fourth-order valence-corrected chi connectivity index (χ4v) is 11.4. The summed E-state index contributed by atoms with van der Waals surface area (Å²) in [5.41, 5.74) is 16.1. The van der Waals surface area contributed by atoms with Crippen molar-refractivity contribution in [1.82, 2.24) is 0 Å². The first kappa shape index (κ1) is 42.5. The second-order valence-electron chi connectivity index (χ2n) is 20.8. The summed E-state index contributed by atoms with van der Waals surface area (Å²) in [6.45, 7) is 13.8. The largest absolute Gasteiger partial charge is 0.308 e. The Bertz CT molecular complexity index is 3430. The minimum atomic E-state index is -0.709. The van der Waals surface area contributed by atoms with Gasteiger partial charge in [0.25, 0.3) is 0 Å². The fraction of sp³-hybridized carbons (Fsp3) is 0.138. The van der Waals surface area contributed by atoms with Gasteiger partial charge in [0.15, 0.2) is 0 Å². The lowest BCUT2D eigenvalue weighted by atomic mass is 9.68. The van der Waals surface area contributed by atoms with Crippen LogP contribution in [0, 0.1) is 11.6 Å². The van der Waals surface area contributed by atoms with E-state index in [4.69, 9.17) is 0 Å². The van der Waals surface area contributed by atoms with Gasteiger partial charge in [0.2, 0.25) is 0 Å². The van der Waals surface area contributed by atoms with E-state index in [1.54, 1.807) is 12.1 Å². The summed E-state index contributed by atoms with van der Waals surface area (Å²) >= 11 is 0. The number of hydrogen-bond acceptors (Lipinski definition) is 2. The average molecular weight is 899 g/mol. The zero-order chi connectivity index (χ0) is 47.4. The van der Waals surface area contributed by atoms with E-state index in [1.807, 2.05) is 94.7 Å². The van der Waals surface area contributed by atoms with Crippen molar-refractivity contribution in [3.05, 3.63) is 251 Å². The van der Waals surface area contributed by atoms with E-state index in [9.17, 15) is 0 Å². The Morgan fingerprint density at radius 3 is 1.13 bits per heavy atom. The molecule has 0 unspecified atom stereocenters. The third-order valence-corrected chi connectivity index (χ3v) is 14.6. The number of halogens is 2. The Balaban J connectivity index is 1.16. The number of hydrogen-bond donors (Lipinski definition) is 0. The van der Waals surface area contributed by atoms with Crippen LogP contribution < -0.4 is 9.80 Å². The molecule has 12 rings (SSSR count). The average Bonchev–Trinajstić information content (AvgIpc) is 3.82. The van der Waals surface area contributed by atoms with Crippen molar-refractivity contribution in [3.63, 3.8) is 0 Å². The van der Waals surface area contributed by atoms with Gasteiger partial charge in [0.05, 0.1) is 16.8 Å². The molecule has 336 valence electrons. The Kier molecular flexibility index (Phi) is 9.62. The second-order valence-corrected chi connectivity index (χ2v) is 20.8. The summed E-state index contributed by atoms with van der Waals surface area (Å²) in [4.78, 5) is 4.03. The SMILES string of the molecule is CC(C)(C)c1ccc2c(c1)-c1cc(C(C)(C)C)ccc1C21c2c(ccc3cc(N(c4ccccc4)c4ccccc4F)ccc23)-c2ccc3cc(N(c4ccccc4)c4ccccc4F)ccc3c21. The van der Waals surface area contributed by atoms with E-state index in [2.05, 4.69) is 139 Å². The van der Waals surface area contributed by atoms with Crippen LogP contribution in [0.4, 0.5) is 42.9 Å². The van der Waals surface area contributed by atoms with Crippen molar-refractivity contribution >= 4 is 55.7 Å². The van der Waals surface area contributed by atoms with Gasteiger partial charge in [-0.1, -0.05) is 175 Å². The second kappa shape index (κ2) is 15.6. The van der Waals surface area contributed by atoms with Crippen LogP contribution in [-0.2, 0) is 16.2 Å². The zero-order valence-electron chi connectivity index (χ0n) is 39.8. The van der Waals surface area contributed by atoms with Gasteiger partial charge in [-0.15, -0.1) is 0 Å². The van der Waals surface area contributed by atoms with E-state index in [0.717, 1.165) is 44.3 Å². The lowest BCUT2D eigenvalue weighted by Gasteiger charge is -2.33. The molecule has 10 aromatic rings. The summed E-state index contributed by atoms with van der Waals surface area (Å²) in [5, 5.41) is 4.43. The van der Waals surface area contributed by atoms with Gasteiger partial charge < -0.3 is 9.80 Å². The fourth-order valence-electron chi connectivity index (χ4n) is 11.4. The van der Waals surface area contributed by atoms with Gasteiger partial charge in [-0.25, -0.2) is 8.78 Å².